The zero-order valence-electron chi connectivity index (χ0n) is 13.1. The van der Waals surface area contributed by atoms with Crippen molar-refractivity contribution in [1.29, 1.82) is 0 Å². The molecule has 0 saturated carbocycles. The lowest BCUT2D eigenvalue weighted by molar-refractivity contribution is -0.153. The number of rotatable bonds is 13. The molecular formula is C16H32O4. The average Bonchev–Trinajstić information content (AvgIpc) is 2.46. The molecule has 0 saturated heterocycles. The highest BCUT2D eigenvalue weighted by Gasteiger charge is 2.11. The summed E-state index contributed by atoms with van der Waals surface area (Å²) in [6.07, 6.45) is 9.08. The molecule has 0 spiro atoms. The standard InChI is InChI=1S/C16H32O4/c1-3-14(2)10-8-6-4-5-7-9-11-16(19)20-15(12-17)13-18/h14-15,17-18H,3-13H2,1-2H3. The van der Waals surface area contributed by atoms with Crippen LogP contribution in [0.5, 0.6) is 0 Å². The lowest BCUT2D eigenvalue weighted by atomic mass is 10.00. The third-order valence-electron chi connectivity index (χ3n) is 3.73. The third-order valence-corrected chi connectivity index (χ3v) is 3.73. The second-order valence-electron chi connectivity index (χ2n) is 5.65. The topological polar surface area (TPSA) is 66.8 Å². The van der Waals surface area contributed by atoms with E-state index in [1.54, 1.807) is 0 Å². The van der Waals surface area contributed by atoms with Crippen LogP contribution in [-0.4, -0.2) is 35.5 Å². The molecule has 4 heteroatoms. The molecule has 1 atom stereocenters. The van der Waals surface area contributed by atoms with E-state index in [-0.39, 0.29) is 19.2 Å². The maximum absolute atomic E-state index is 11.4. The minimum atomic E-state index is -0.761. The summed E-state index contributed by atoms with van der Waals surface area (Å²) in [7, 11) is 0. The number of ether oxygens (including phenoxy) is 1. The second-order valence-corrected chi connectivity index (χ2v) is 5.65. The molecule has 20 heavy (non-hydrogen) atoms. The van der Waals surface area contributed by atoms with Crippen LogP contribution in [0.2, 0.25) is 0 Å². The van der Waals surface area contributed by atoms with E-state index in [4.69, 9.17) is 14.9 Å². The molecule has 4 nitrogen and oxygen atoms in total. The fourth-order valence-corrected chi connectivity index (χ4v) is 2.05. The molecule has 0 aromatic heterocycles. The van der Waals surface area contributed by atoms with E-state index in [0.717, 1.165) is 25.2 Å². The van der Waals surface area contributed by atoms with Crippen molar-refractivity contribution < 1.29 is 19.7 Å². The van der Waals surface area contributed by atoms with E-state index in [2.05, 4.69) is 13.8 Å². The zero-order valence-corrected chi connectivity index (χ0v) is 13.1. The molecule has 0 aromatic rings. The molecule has 2 N–H and O–H groups in total. The van der Waals surface area contributed by atoms with E-state index in [9.17, 15) is 4.79 Å². The Morgan fingerprint density at radius 1 is 1.00 bits per heavy atom. The van der Waals surface area contributed by atoms with Gasteiger partial charge in [0.05, 0.1) is 13.2 Å². The van der Waals surface area contributed by atoms with Crippen molar-refractivity contribution in [3.8, 4) is 0 Å². The van der Waals surface area contributed by atoms with Gasteiger partial charge in [-0.25, -0.2) is 0 Å². The fraction of sp³-hybridized carbons (Fsp3) is 0.938. The van der Waals surface area contributed by atoms with E-state index in [1.165, 1.54) is 32.1 Å². The molecule has 1 unspecified atom stereocenters. The normalized spacial score (nSPS) is 12.7. The Bertz CT molecular complexity index is 227. The van der Waals surface area contributed by atoms with Crippen LogP contribution >= 0.6 is 0 Å². The van der Waals surface area contributed by atoms with Crippen molar-refractivity contribution in [2.24, 2.45) is 5.92 Å². The summed E-state index contributed by atoms with van der Waals surface area (Å²) in [5, 5.41) is 17.6. The summed E-state index contributed by atoms with van der Waals surface area (Å²) in [6, 6.07) is 0. The Hall–Kier alpha value is -0.610. The highest BCUT2D eigenvalue weighted by Crippen LogP contribution is 2.14. The van der Waals surface area contributed by atoms with Crippen LogP contribution in [0.4, 0.5) is 0 Å². The van der Waals surface area contributed by atoms with E-state index >= 15 is 0 Å². The van der Waals surface area contributed by atoms with Gasteiger partial charge in [-0.2, -0.15) is 0 Å². The molecule has 0 heterocycles. The number of unbranched alkanes of at least 4 members (excludes halogenated alkanes) is 5. The van der Waals surface area contributed by atoms with Crippen LogP contribution in [0.1, 0.15) is 71.6 Å². The van der Waals surface area contributed by atoms with Gasteiger partial charge in [0.2, 0.25) is 0 Å². The Kier molecular flexibility index (Phi) is 13.0. The Morgan fingerprint density at radius 3 is 2.10 bits per heavy atom. The van der Waals surface area contributed by atoms with Gasteiger partial charge in [0.1, 0.15) is 6.10 Å². The van der Waals surface area contributed by atoms with Crippen molar-refractivity contribution in [2.75, 3.05) is 13.2 Å². The van der Waals surface area contributed by atoms with Crippen LogP contribution in [0.25, 0.3) is 0 Å². The predicted molar refractivity (Wildman–Crippen MR) is 80.4 cm³/mol. The number of aliphatic hydroxyl groups is 2. The van der Waals surface area contributed by atoms with Crippen molar-refractivity contribution in [3.05, 3.63) is 0 Å². The lowest BCUT2D eigenvalue weighted by Crippen LogP contribution is -2.25. The molecule has 0 aliphatic heterocycles. The maximum Gasteiger partial charge on any atom is 0.306 e. The first-order valence-corrected chi connectivity index (χ1v) is 8.05. The quantitative estimate of drug-likeness (QED) is 0.404. The monoisotopic (exact) mass is 288 g/mol. The van der Waals surface area contributed by atoms with Crippen molar-refractivity contribution in [2.45, 2.75) is 77.7 Å². The number of hydrogen-bond donors (Lipinski definition) is 2. The Balaban J connectivity index is 3.33. The molecule has 0 amide bonds. The highest BCUT2D eigenvalue weighted by molar-refractivity contribution is 5.69. The van der Waals surface area contributed by atoms with Gasteiger partial charge in [-0.15, -0.1) is 0 Å². The van der Waals surface area contributed by atoms with Gasteiger partial charge in [-0.05, 0) is 12.3 Å². The predicted octanol–water partition coefficient (Wildman–Crippen LogP) is 3.05. The molecular weight excluding hydrogens is 256 g/mol. The number of aliphatic hydroxyl groups excluding tert-OH is 2. The highest BCUT2D eigenvalue weighted by atomic mass is 16.6. The van der Waals surface area contributed by atoms with Gasteiger partial charge >= 0.3 is 5.97 Å². The number of esters is 1. The van der Waals surface area contributed by atoms with E-state index < -0.39 is 6.10 Å². The molecule has 120 valence electrons. The van der Waals surface area contributed by atoms with Gasteiger partial charge in [0, 0.05) is 6.42 Å². The molecule has 0 aromatic carbocycles. The first-order valence-electron chi connectivity index (χ1n) is 8.05. The Labute approximate surface area is 123 Å². The largest absolute Gasteiger partial charge is 0.457 e. The maximum atomic E-state index is 11.4. The summed E-state index contributed by atoms with van der Waals surface area (Å²) in [4.78, 5) is 11.4. The summed E-state index contributed by atoms with van der Waals surface area (Å²) in [6.45, 7) is 3.90. The summed E-state index contributed by atoms with van der Waals surface area (Å²) < 4.78 is 4.89. The number of carbonyl (C=O) groups is 1. The SMILES string of the molecule is CCC(C)CCCCCCCCC(=O)OC(CO)CO. The van der Waals surface area contributed by atoms with Crippen molar-refractivity contribution in [1.82, 2.24) is 0 Å². The van der Waals surface area contributed by atoms with Gasteiger partial charge in [0.25, 0.3) is 0 Å². The first-order chi connectivity index (χ1) is 9.63. The Morgan fingerprint density at radius 2 is 1.55 bits per heavy atom. The van der Waals surface area contributed by atoms with Crippen LogP contribution in [0, 0.1) is 5.92 Å². The third kappa shape index (κ3) is 11.2. The van der Waals surface area contributed by atoms with Crippen LogP contribution < -0.4 is 0 Å². The van der Waals surface area contributed by atoms with E-state index in [0.29, 0.717) is 6.42 Å². The molecule has 0 radical (unpaired) electrons. The van der Waals surface area contributed by atoms with Gasteiger partial charge in [0.15, 0.2) is 0 Å². The summed E-state index contributed by atoms with van der Waals surface area (Å²) in [5.74, 6) is 0.519. The van der Waals surface area contributed by atoms with Gasteiger partial charge < -0.3 is 14.9 Å². The minimum absolute atomic E-state index is 0.321. The first kappa shape index (κ1) is 19.4. The molecule has 0 aliphatic rings. The molecule has 0 rings (SSSR count). The van der Waals surface area contributed by atoms with Crippen LogP contribution in [-0.2, 0) is 9.53 Å². The van der Waals surface area contributed by atoms with E-state index in [1.807, 2.05) is 0 Å². The zero-order chi connectivity index (χ0) is 15.2. The van der Waals surface area contributed by atoms with Gasteiger partial charge in [-0.1, -0.05) is 58.8 Å². The smallest absolute Gasteiger partial charge is 0.306 e. The van der Waals surface area contributed by atoms with Crippen LogP contribution in [0.3, 0.4) is 0 Å². The number of carbonyl (C=O) groups excluding carboxylic acids is 1. The summed E-state index contributed by atoms with van der Waals surface area (Å²) in [5.41, 5.74) is 0. The molecule has 0 bridgehead atoms. The molecule has 0 aliphatic carbocycles. The van der Waals surface area contributed by atoms with Crippen molar-refractivity contribution in [3.63, 3.8) is 0 Å². The fourth-order valence-electron chi connectivity index (χ4n) is 2.05. The van der Waals surface area contributed by atoms with Crippen molar-refractivity contribution >= 4 is 5.97 Å². The minimum Gasteiger partial charge on any atom is -0.457 e. The number of hydrogen-bond acceptors (Lipinski definition) is 4. The van der Waals surface area contributed by atoms with Gasteiger partial charge in [-0.3, -0.25) is 4.79 Å². The van der Waals surface area contributed by atoms with Crippen LogP contribution in [0.15, 0.2) is 0 Å². The molecule has 0 fully saturated rings. The summed E-state index contributed by atoms with van der Waals surface area (Å²) >= 11 is 0. The second kappa shape index (κ2) is 13.4. The average molecular weight is 288 g/mol. The lowest BCUT2D eigenvalue weighted by Gasteiger charge is -2.12.